The summed E-state index contributed by atoms with van der Waals surface area (Å²) in [6.07, 6.45) is -13.0. The van der Waals surface area contributed by atoms with E-state index in [0.29, 0.717) is 18.2 Å². The second kappa shape index (κ2) is 9.71. The van der Waals surface area contributed by atoms with E-state index in [4.69, 9.17) is 23.7 Å². The number of benzene rings is 2. The van der Waals surface area contributed by atoms with Crippen LogP contribution >= 0.6 is 0 Å². The molecule has 18 nitrogen and oxygen atoms in total. The zero-order chi connectivity index (χ0) is 32.0. The average Bonchev–Trinajstić information content (AvgIpc) is 3.40. The van der Waals surface area contributed by atoms with Gasteiger partial charge in [0, 0.05) is 12.0 Å². The third kappa shape index (κ3) is 4.00. The van der Waals surface area contributed by atoms with Crippen molar-refractivity contribution in [1.82, 2.24) is 0 Å². The molecule has 0 aromatic heterocycles. The van der Waals surface area contributed by atoms with Gasteiger partial charge in [0.2, 0.25) is 17.8 Å². The molecule has 10 N–H and O–H groups in total. The Morgan fingerprint density at radius 3 is 2.20 bits per heavy atom. The van der Waals surface area contributed by atoms with Crippen LogP contribution in [0.2, 0.25) is 0 Å². The van der Waals surface area contributed by atoms with Crippen LogP contribution in [0.5, 0.6) is 34.5 Å². The van der Waals surface area contributed by atoms with Gasteiger partial charge in [-0.2, -0.15) is 0 Å². The van der Waals surface area contributed by atoms with Crippen LogP contribution in [-0.2, 0) is 23.7 Å². The minimum Gasteiger partial charge on any atom is -0.504 e. The Morgan fingerprint density at radius 1 is 0.932 bits per heavy atom. The van der Waals surface area contributed by atoms with Crippen molar-refractivity contribution in [2.75, 3.05) is 6.61 Å². The first-order chi connectivity index (χ1) is 20.6. The predicted molar refractivity (Wildman–Crippen MR) is 131 cm³/mol. The third-order valence-corrected chi connectivity index (χ3v) is 8.09. The Kier molecular flexibility index (Phi) is 6.50. The van der Waals surface area contributed by atoms with E-state index in [1.54, 1.807) is 0 Å². The molecule has 0 radical (unpaired) electrons. The van der Waals surface area contributed by atoms with Crippen molar-refractivity contribution in [1.29, 1.82) is 0 Å². The smallest absolute Gasteiger partial charge is 0.340 e. The molecule has 9 atom stereocenters. The summed E-state index contributed by atoms with van der Waals surface area (Å²) in [6, 6.07) is 2.05. The van der Waals surface area contributed by atoms with Crippen molar-refractivity contribution >= 4 is 17.9 Å². The highest BCUT2D eigenvalue weighted by Gasteiger charge is 2.73. The molecule has 2 bridgehead atoms. The highest BCUT2D eigenvalue weighted by Crippen LogP contribution is 2.62. The van der Waals surface area contributed by atoms with Crippen LogP contribution in [0, 0.1) is 0 Å². The molecular weight excluding hydrogens is 600 g/mol. The fourth-order valence-corrected chi connectivity index (χ4v) is 5.95. The van der Waals surface area contributed by atoms with Crippen LogP contribution in [0.3, 0.4) is 0 Å². The number of carbonyl (C=O) groups excluding carboxylic acids is 3. The van der Waals surface area contributed by atoms with E-state index in [-0.39, 0.29) is 0 Å². The fourth-order valence-electron chi connectivity index (χ4n) is 5.95. The summed E-state index contributed by atoms with van der Waals surface area (Å²) in [5.41, 5.74) is -4.78. The normalized spacial score (nSPS) is 35.5. The molecule has 3 heterocycles. The zero-order valence-corrected chi connectivity index (χ0v) is 21.9. The highest BCUT2D eigenvalue weighted by molar-refractivity contribution is 5.96. The quantitative estimate of drug-likeness (QED) is 0.0941. The molecule has 0 amide bonds. The lowest BCUT2D eigenvalue weighted by atomic mass is 9.81. The number of aliphatic hydroxyl groups is 5. The number of ether oxygens (including phenoxy) is 5. The van der Waals surface area contributed by atoms with Crippen LogP contribution in [0.1, 0.15) is 38.6 Å². The van der Waals surface area contributed by atoms with Crippen molar-refractivity contribution in [3.05, 3.63) is 34.9 Å². The molecule has 2 unspecified atom stereocenters. The molecule has 1 saturated heterocycles. The molecule has 2 aromatic rings. The second-order valence-electron chi connectivity index (χ2n) is 10.7. The number of carbonyl (C=O) groups is 3. The molecule has 44 heavy (non-hydrogen) atoms. The van der Waals surface area contributed by atoms with E-state index in [1.807, 2.05) is 0 Å². The Bertz CT molecular complexity index is 1570. The molecule has 1 aliphatic carbocycles. The van der Waals surface area contributed by atoms with Gasteiger partial charge in [0.15, 0.2) is 46.6 Å². The molecule has 6 rings (SSSR count). The molecule has 1 saturated carbocycles. The molecule has 4 aliphatic rings. The fraction of sp³-hybridized carbons (Fsp3) is 0.423. The molecule has 2 fully saturated rings. The minimum atomic E-state index is -2.96. The first kappa shape index (κ1) is 29.5. The Labute approximate surface area is 244 Å². The van der Waals surface area contributed by atoms with Crippen molar-refractivity contribution in [3.63, 3.8) is 0 Å². The van der Waals surface area contributed by atoms with Crippen LogP contribution in [0.15, 0.2) is 18.2 Å². The largest absolute Gasteiger partial charge is 0.504 e. The summed E-state index contributed by atoms with van der Waals surface area (Å²) in [5.74, 6) is -15.0. The van der Waals surface area contributed by atoms with E-state index in [1.165, 1.54) is 0 Å². The van der Waals surface area contributed by atoms with Crippen LogP contribution in [0.4, 0.5) is 0 Å². The van der Waals surface area contributed by atoms with Crippen molar-refractivity contribution in [2.24, 2.45) is 0 Å². The SMILES string of the molecule is O=C(O[C@@H]1O[C@H](CO)[C@H]2OC(=O)c3cc(O)c(O)c4c3[C@@H]3C(O)(CC(O)[C@]3(O)O4)C(=O)O[C@@H]1[C@H]2O)c1cc(O)c(O)c(O)c1. The van der Waals surface area contributed by atoms with Gasteiger partial charge >= 0.3 is 17.9 Å². The number of phenolic OH excluding ortho intramolecular Hbond substituents is 5. The first-order valence-electron chi connectivity index (χ1n) is 12.8. The van der Waals surface area contributed by atoms with E-state index in [0.717, 1.165) is 0 Å². The standard InChI is InChI=1S/C26H24O18/c27-5-11-17-16(34)19(23(40-11)43-21(35)6-1-8(28)14(32)9(29)2-6)42-24(37)25(38)4-12(31)26(39)20(25)13-7(22(36)41-17)3-10(30)15(33)18(13)44-26/h1-3,11-12,16-17,19-20,23,27-34,38-39H,4-5H2/t11-,12?,16+,17-,19-,20-,23+,25?,26+/m1/s1. The predicted octanol–water partition coefficient (Wildman–Crippen LogP) is -2.74. The third-order valence-electron chi connectivity index (χ3n) is 8.09. The number of hydrogen-bond acceptors (Lipinski definition) is 18. The summed E-state index contributed by atoms with van der Waals surface area (Å²) in [4.78, 5) is 40.0. The Morgan fingerprint density at radius 2 is 1.57 bits per heavy atom. The lowest BCUT2D eigenvalue weighted by molar-refractivity contribution is -0.292. The van der Waals surface area contributed by atoms with Gasteiger partial charge in [-0.05, 0) is 18.2 Å². The van der Waals surface area contributed by atoms with Gasteiger partial charge in [0.25, 0.3) is 0 Å². The monoisotopic (exact) mass is 624 g/mol. The number of fused-ring (bicyclic) bond motifs is 2. The van der Waals surface area contributed by atoms with Crippen molar-refractivity contribution < 1.29 is 89.1 Å². The maximum Gasteiger partial charge on any atom is 0.340 e. The van der Waals surface area contributed by atoms with Crippen LogP contribution in [0.25, 0.3) is 0 Å². The number of hydrogen-bond donors (Lipinski definition) is 10. The number of aliphatic hydroxyl groups excluding tert-OH is 3. The van der Waals surface area contributed by atoms with Crippen molar-refractivity contribution in [3.8, 4) is 34.5 Å². The van der Waals surface area contributed by atoms with E-state index in [2.05, 4.69) is 0 Å². The number of aromatic hydroxyl groups is 5. The van der Waals surface area contributed by atoms with E-state index in [9.17, 15) is 65.4 Å². The number of phenols is 5. The highest BCUT2D eigenvalue weighted by atomic mass is 16.7. The molecule has 0 spiro atoms. The van der Waals surface area contributed by atoms with E-state index >= 15 is 0 Å². The van der Waals surface area contributed by atoms with Crippen molar-refractivity contribution in [2.45, 2.75) is 60.5 Å². The Balaban J connectivity index is 1.45. The molecule has 236 valence electrons. The van der Waals surface area contributed by atoms with Gasteiger partial charge in [-0.3, -0.25) is 0 Å². The van der Waals surface area contributed by atoms with Gasteiger partial charge in [-0.25, -0.2) is 14.4 Å². The van der Waals surface area contributed by atoms with Gasteiger partial charge in [-0.15, -0.1) is 0 Å². The van der Waals surface area contributed by atoms with Gasteiger partial charge < -0.3 is 74.7 Å². The van der Waals surface area contributed by atoms with Crippen LogP contribution < -0.4 is 4.74 Å². The second-order valence-corrected chi connectivity index (χ2v) is 10.7. The van der Waals surface area contributed by atoms with Crippen LogP contribution in [-0.4, -0.2) is 124 Å². The number of esters is 3. The number of rotatable bonds is 3. The molecular formula is C26H24O18. The minimum absolute atomic E-state index is 0.564. The lowest BCUT2D eigenvalue weighted by Crippen LogP contribution is -2.62. The first-order valence-corrected chi connectivity index (χ1v) is 12.8. The van der Waals surface area contributed by atoms with E-state index < -0.39 is 136 Å². The van der Waals surface area contributed by atoms with Gasteiger partial charge in [0.1, 0.15) is 18.3 Å². The van der Waals surface area contributed by atoms with Gasteiger partial charge in [-0.1, -0.05) is 0 Å². The summed E-state index contributed by atoms with van der Waals surface area (Å²) in [7, 11) is 0. The summed E-state index contributed by atoms with van der Waals surface area (Å²) in [5, 5.41) is 104. The zero-order valence-electron chi connectivity index (χ0n) is 21.9. The molecule has 3 aliphatic heterocycles. The topological polar surface area (TPSA) is 300 Å². The lowest BCUT2D eigenvalue weighted by Gasteiger charge is -2.42. The van der Waals surface area contributed by atoms with Gasteiger partial charge in [0.05, 0.1) is 23.7 Å². The summed E-state index contributed by atoms with van der Waals surface area (Å²) < 4.78 is 26.6. The summed E-state index contributed by atoms with van der Waals surface area (Å²) in [6.45, 7) is -0.995. The molecule has 18 heteroatoms. The Hall–Kier alpha value is -4.59. The average molecular weight is 624 g/mol. The summed E-state index contributed by atoms with van der Waals surface area (Å²) >= 11 is 0. The molecule has 2 aromatic carbocycles. The maximum atomic E-state index is 13.6. The maximum absolute atomic E-state index is 13.6.